The molecule has 0 bridgehead atoms. The molecule has 1 aromatic heterocycles. The molecule has 106 valence electrons. The van der Waals surface area contributed by atoms with E-state index in [1.807, 2.05) is 0 Å². The number of aromatic nitrogens is 2. The van der Waals surface area contributed by atoms with Gasteiger partial charge in [0.15, 0.2) is 0 Å². The van der Waals surface area contributed by atoms with Gasteiger partial charge in [-0.25, -0.2) is 0 Å². The SMILES string of the molecule is FC(F)(F)Oc1ccc(CN2Cc3cn[nH]c3C2)cc1. The topological polar surface area (TPSA) is 41.1 Å². The summed E-state index contributed by atoms with van der Waals surface area (Å²) >= 11 is 0. The highest BCUT2D eigenvalue weighted by molar-refractivity contribution is 5.28. The van der Waals surface area contributed by atoms with Gasteiger partial charge in [0.25, 0.3) is 0 Å². The van der Waals surface area contributed by atoms with Crippen molar-refractivity contribution in [3.05, 3.63) is 47.3 Å². The van der Waals surface area contributed by atoms with Crippen molar-refractivity contribution >= 4 is 0 Å². The lowest BCUT2D eigenvalue weighted by atomic mass is 10.2. The van der Waals surface area contributed by atoms with Crippen LogP contribution in [-0.2, 0) is 19.6 Å². The second kappa shape index (κ2) is 4.82. The third-order valence-electron chi connectivity index (χ3n) is 3.15. The van der Waals surface area contributed by atoms with E-state index in [-0.39, 0.29) is 5.75 Å². The van der Waals surface area contributed by atoms with E-state index >= 15 is 0 Å². The summed E-state index contributed by atoms with van der Waals surface area (Å²) in [7, 11) is 0. The van der Waals surface area contributed by atoms with Crippen LogP contribution in [0.5, 0.6) is 5.75 Å². The van der Waals surface area contributed by atoms with Crippen LogP contribution in [-0.4, -0.2) is 21.5 Å². The van der Waals surface area contributed by atoms with Crippen LogP contribution in [0.25, 0.3) is 0 Å². The van der Waals surface area contributed by atoms with Crippen molar-refractivity contribution in [1.82, 2.24) is 15.1 Å². The number of alkyl halides is 3. The second-order valence-electron chi connectivity index (χ2n) is 4.71. The van der Waals surface area contributed by atoms with Crippen molar-refractivity contribution in [2.24, 2.45) is 0 Å². The molecule has 0 fully saturated rings. The standard InChI is InChI=1S/C13H12F3N3O/c14-13(15,16)20-11-3-1-9(2-4-11)6-19-7-10-5-17-18-12(10)8-19/h1-5H,6-8H2,(H,17,18). The number of nitrogens with one attached hydrogen (secondary N) is 1. The van der Waals surface area contributed by atoms with E-state index in [4.69, 9.17) is 0 Å². The molecule has 1 N–H and O–H groups in total. The van der Waals surface area contributed by atoms with Gasteiger partial charge in [-0.15, -0.1) is 13.2 Å². The van der Waals surface area contributed by atoms with Crippen LogP contribution < -0.4 is 4.74 Å². The molecule has 0 saturated heterocycles. The number of nitrogens with zero attached hydrogens (tertiary/aromatic N) is 2. The normalized spacial score (nSPS) is 15.3. The third kappa shape index (κ3) is 2.93. The van der Waals surface area contributed by atoms with E-state index in [1.54, 1.807) is 18.3 Å². The van der Waals surface area contributed by atoms with Crippen molar-refractivity contribution in [2.45, 2.75) is 26.0 Å². The Bertz CT molecular complexity index is 571. The van der Waals surface area contributed by atoms with Crippen molar-refractivity contribution in [3.8, 4) is 5.75 Å². The van der Waals surface area contributed by atoms with Gasteiger partial charge >= 0.3 is 6.36 Å². The highest BCUT2D eigenvalue weighted by Gasteiger charge is 2.31. The largest absolute Gasteiger partial charge is 0.573 e. The van der Waals surface area contributed by atoms with E-state index in [2.05, 4.69) is 19.8 Å². The van der Waals surface area contributed by atoms with Gasteiger partial charge in [-0.3, -0.25) is 10.00 Å². The molecule has 0 atom stereocenters. The fourth-order valence-electron chi connectivity index (χ4n) is 2.30. The maximum absolute atomic E-state index is 12.0. The lowest BCUT2D eigenvalue weighted by molar-refractivity contribution is -0.274. The molecule has 0 amide bonds. The van der Waals surface area contributed by atoms with Crippen LogP contribution in [0.2, 0.25) is 0 Å². The van der Waals surface area contributed by atoms with Crippen molar-refractivity contribution in [3.63, 3.8) is 0 Å². The van der Waals surface area contributed by atoms with Crippen LogP contribution in [0.15, 0.2) is 30.5 Å². The molecule has 4 nitrogen and oxygen atoms in total. The molecule has 1 aliphatic rings. The van der Waals surface area contributed by atoms with Gasteiger partial charge in [-0.2, -0.15) is 5.10 Å². The van der Waals surface area contributed by atoms with E-state index in [9.17, 15) is 13.2 Å². The van der Waals surface area contributed by atoms with Crippen molar-refractivity contribution < 1.29 is 17.9 Å². The molecular weight excluding hydrogens is 271 g/mol. The van der Waals surface area contributed by atoms with E-state index in [0.717, 1.165) is 24.3 Å². The monoisotopic (exact) mass is 283 g/mol. The minimum absolute atomic E-state index is 0.197. The first-order valence-electron chi connectivity index (χ1n) is 6.08. The first kappa shape index (κ1) is 13.0. The average Bonchev–Trinajstić information content (AvgIpc) is 2.90. The quantitative estimate of drug-likeness (QED) is 0.941. The van der Waals surface area contributed by atoms with Crippen molar-refractivity contribution in [2.75, 3.05) is 0 Å². The summed E-state index contributed by atoms with van der Waals surface area (Å²) in [5.41, 5.74) is 3.21. The lowest BCUT2D eigenvalue weighted by Crippen LogP contribution is -2.18. The Hall–Kier alpha value is -2.02. The highest BCUT2D eigenvalue weighted by atomic mass is 19.4. The molecule has 20 heavy (non-hydrogen) atoms. The molecule has 1 aliphatic heterocycles. The summed E-state index contributed by atoms with van der Waals surface area (Å²) < 4.78 is 40.0. The van der Waals surface area contributed by atoms with Crippen LogP contribution in [0.3, 0.4) is 0 Å². The molecule has 0 radical (unpaired) electrons. The third-order valence-corrected chi connectivity index (χ3v) is 3.15. The summed E-state index contributed by atoms with van der Waals surface area (Å²) in [5, 5.41) is 6.89. The zero-order chi connectivity index (χ0) is 14.2. The Morgan fingerprint density at radius 3 is 2.60 bits per heavy atom. The molecular formula is C13H12F3N3O. The van der Waals surface area contributed by atoms with Gasteiger partial charge < -0.3 is 4.74 Å². The number of fused-ring (bicyclic) bond motifs is 1. The first-order valence-corrected chi connectivity index (χ1v) is 6.08. The minimum atomic E-state index is -4.65. The maximum atomic E-state index is 12.0. The molecule has 0 aliphatic carbocycles. The molecule has 0 unspecified atom stereocenters. The summed E-state index contributed by atoms with van der Waals surface area (Å²) in [5.74, 6) is -0.197. The van der Waals surface area contributed by atoms with Gasteiger partial charge in [-0.1, -0.05) is 12.1 Å². The smallest absolute Gasteiger partial charge is 0.406 e. The van der Waals surface area contributed by atoms with E-state index in [0.29, 0.717) is 6.54 Å². The zero-order valence-electron chi connectivity index (χ0n) is 10.4. The number of hydrogen-bond acceptors (Lipinski definition) is 3. The van der Waals surface area contributed by atoms with Gasteiger partial charge in [0.1, 0.15) is 5.75 Å². The summed E-state index contributed by atoms with van der Waals surface area (Å²) in [6.45, 7) is 2.25. The number of H-pyrrole nitrogens is 1. The van der Waals surface area contributed by atoms with E-state index in [1.165, 1.54) is 17.7 Å². The summed E-state index contributed by atoms with van der Waals surface area (Å²) in [6.07, 6.45) is -2.85. The fourth-order valence-corrected chi connectivity index (χ4v) is 2.30. The Morgan fingerprint density at radius 2 is 1.95 bits per heavy atom. The fraction of sp³-hybridized carbons (Fsp3) is 0.308. The molecule has 3 rings (SSSR count). The number of halogens is 3. The molecule has 2 aromatic rings. The predicted octanol–water partition coefficient (Wildman–Crippen LogP) is 2.82. The van der Waals surface area contributed by atoms with Crippen LogP contribution >= 0.6 is 0 Å². The van der Waals surface area contributed by atoms with Crippen LogP contribution in [0.1, 0.15) is 16.8 Å². The maximum Gasteiger partial charge on any atom is 0.573 e. The Labute approximate surface area is 113 Å². The minimum Gasteiger partial charge on any atom is -0.406 e. The first-order chi connectivity index (χ1) is 9.49. The van der Waals surface area contributed by atoms with Crippen LogP contribution in [0, 0.1) is 0 Å². The Balaban J connectivity index is 1.60. The molecule has 0 spiro atoms. The highest BCUT2D eigenvalue weighted by Crippen LogP contribution is 2.25. The van der Waals surface area contributed by atoms with Crippen LogP contribution in [0.4, 0.5) is 13.2 Å². The van der Waals surface area contributed by atoms with Crippen molar-refractivity contribution in [1.29, 1.82) is 0 Å². The van der Waals surface area contributed by atoms with E-state index < -0.39 is 6.36 Å². The second-order valence-corrected chi connectivity index (χ2v) is 4.71. The van der Waals surface area contributed by atoms with Gasteiger partial charge in [0, 0.05) is 25.2 Å². The number of aromatic amines is 1. The number of ether oxygens (including phenoxy) is 1. The molecule has 7 heteroatoms. The Kier molecular flexibility index (Phi) is 3.13. The number of rotatable bonds is 3. The number of hydrogen-bond donors (Lipinski definition) is 1. The molecule has 2 heterocycles. The Morgan fingerprint density at radius 1 is 1.20 bits per heavy atom. The zero-order valence-corrected chi connectivity index (χ0v) is 10.4. The molecule has 1 aromatic carbocycles. The van der Waals surface area contributed by atoms with Gasteiger partial charge in [-0.05, 0) is 17.7 Å². The summed E-state index contributed by atoms with van der Waals surface area (Å²) in [6, 6.07) is 5.96. The number of benzene rings is 1. The van der Waals surface area contributed by atoms with Gasteiger partial charge in [0.05, 0.1) is 11.9 Å². The molecule has 0 saturated carbocycles. The predicted molar refractivity (Wildman–Crippen MR) is 64.7 cm³/mol. The van der Waals surface area contributed by atoms with Gasteiger partial charge in [0.2, 0.25) is 0 Å². The average molecular weight is 283 g/mol. The summed E-state index contributed by atoms with van der Waals surface area (Å²) in [4.78, 5) is 2.18. The lowest BCUT2D eigenvalue weighted by Gasteiger charge is -2.15.